The van der Waals surface area contributed by atoms with Gasteiger partial charge in [-0.15, -0.1) is 0 Å². The Bertz CT molecular complexity index is 449. The van der Waals surface area contributed by atoms with Gasteiger partial charge in [0.25, 0.3) is 0 Å². The third-order valence-corrected chi connectivity index (χ3v) is 3.21. The second kappa shape index (κ2) is 7.67. The summed E-state index contributed by atoms with van der Waals surface area (Å²) in [4.78, 5) is 17.2. The molecular weight excluding hydrogens is 256 g/mol. The Balaban J connectivity index is 3.11. The Kier molecular flexibility index (Phi) is 6.21. The van der Waals surface area contributed by atoms with Crippen molar-refractivity contribution in [2.45, 2.75) is 46.1 Å². The summed E-state index contributed by atoms with van der Waals surface area (Å²) in [5.41, 5.74) is 0.0641. The van der Waals surface area contributed by atoms with Crippen molar-refractivity contribution in [1.82, 2.24) is 4.98 Å². The molecule has 112 valence electrons. The van der Waals surface area contributed by atoms with Crippen LogP contribution < -0.4 is 10.2 Å². The molecule has 0 aliphatic carbocycles. The van der Waals surface area contributed by atoms with Crippen LogP contribution in [0.1, 0.15) is 40.0 Å². The van der Waals surface area contributed by atoms with Gasteiger partial charge in [-0.1, -0.05) is 19.8 Å². The standard InChI is InChI=1S/C14H24N4O2/c1-5-6-7-10-17(11(2)3)14-12(18(19)20)8-9-13(15-4)16-14/h8-9,11H,5-7,10H2,1-4H3,(H,15,16). The van der Waals surface area contributed by atoms with Gasteiger partial charge in [0.2, 0.25) is 5.82 Å². The fraction of sp³-hybridized carbons (Fsp3) is 0.643. The van der Waals surface area contributed by atoms with E-state index >= 15 is 0 Å². The summed E-state index contributed by atoms with van der Waals surface area (Å²) >= 11 is 0. The lowest BCUT2D eigenvalue weighted by atomic mass is 10.2. The molecule has 1 heterocycles. The van der Waals surface area contributed by atoms with Crippen LogP contribution in [0, 0.1) is 10.1 Å². The summed E-state index contributed by atoms with van der Waals surface area (Å²) in [6, 6.07) is 3.32. The Morgan fingerprint density at radius 1 is 1.40 bits per heavy atom. The van der Waals surface area contributed by atoms with Gasteiger partial charge < -0.3 is 10.2 Å². The Labute approximate surface area is 120 Å². The molecule has 1 rings (SSSR count). The number of hydrogen-bond acceptors (Lipinski definition) is 5. The predicted octanol–water partition coefficient (Wildman–Crippen LogP) is 3.44. The predicted molar refractivity (Wildman–Crippen MR) is 82.4 cm³/mol. The molecule has 0 fully saturated rings. The molecule has 0 aromatic carbocycles. The highest BCUT2D eigenvalue weighted by Gasteiger charge is 2.23. The van der Waals surface area contributed by atoms with Gasteiger partial charge in [0, 0.05) is 25.7 Å². The smallest absolute Gasteiger partial charge is 0.311 e. The van der Waals surface area contributed by atoms with E-state index in [0.29, 0.717) is 11.6 Å². The number of hydrogen-bond donors (Lipinski definition) is 1. The van der Waals surface area contributed by atoms with E-state index in [-0.39, 0.29) is 16.7 Å². The van der Waals surface area contributed by atoms with Crippen LogP contribution in [0.5, 0.6) is 0 Å². The number of unbranched alkanes of at least 4 members (excludes halogenated alkanes) is 2. The lowest BCUT2D eigenvalue weighted by molar-refractivity contribution is -0.384. The van der Waals surface area contributed by atoms with E-state index < -0.39 is 0 Å². The van der Waals surface area contributed by atoms with E-state index in [1.165, 1.54) is 6.07 Å². The van der Waals surface area contributed by atoms with Crippen LogP contribution in [-0.4, -0.2) is 29.5 Å². The van der Waals surface area contributed by atoms with Crippen molar-refractivity contribution in [3.05, 3.63) is 22.2 Å². The molecule has 0 aliphatic rings. The molecule has 0 aliphatic heterocycles. The van der Waals surface area contributed by atoms with Gasteiger partial charge in [0.1, 0.15) is 5.82 Å². The van der Waals surface area contributed by atoms with Crippen molar-refractivity contribution in [1.29, 1.82) is 0 Å². The van der Waals surface area contributed by atoms with Crippen LogP contribution in [0.25, 0.3) is 0 Å². The summed E-state index contributed by atoms with van der Waals surface area (Å²) in [5.74, 6) is 1.10. The minimum Gasteiger partial charge on any atom is -0.373 e. The highest BCUT2D eigenvalue weighted by atomic mass is 16.6. The van der Waals surface area contributed by atoms with Crippen molar-refractivity contribution < 1.29 is 4.92 Å². The molecule has 0 radical (unpaired) electrons. The third-order valence-electron chi connectivity index (χ3n) is 3.21. The molecule has 0 saturated heterocycles. The topological polar surface area (TPSA) is 71.3 Å². The van der Waals surface area contributed by atoms with Crippen molar-refractivity contribution in [3.63, 3.8) is 0 Å². The van der Waals surface area contributed by atoms with Crippen LogP contribution in [0.4, 0.5) is 17.3 Å². The second-order valence-corrected chi connectivity index (χ2v) is 5.04. The van der Waals surface area contributed by atoms with E-state index in [0.717, 1.165) is 25.8 Å². The number of nitrogens with one attached hydrogen (secondary N) is 1. The molecule has 0 saturated carbocycles. The van der Waals surface area contributed by atoms with Crippen LogP contribution in [-0.2, 0) is 0 Å². The summed E-state index contributed by atoms with van der Waals surface area (Å²) in [5, 5.41) is 14.1. The second-order valence-electron chi connectivity index (χ2n) is 5.04. The number of rotatable bonds is 8. The van der Waals surface area contributed by atoms with Crippen molar-refractivity contribution in [2.24, 2.45) is 0 Å². The molecule has 1 N–H and O–H groups in total. The lowest BCUT2D eigenvalue weighted by Crippen LogP contribution is -2.33. The van der Waals surface area contributed by atoms with Gasteiger partial charge in [0.15, 0.2) is 0 Å². The first-order chi connectivity index (χ1) is 9.51. The molecule has 0 bridgehead atoms. The summed E-state index contributed by atoms with van der Waals surface area (Å²) in [7, 11) is 1.76. The molecule has 20 heavy (non-hydrogen) atoms. The summed E-state index contributed by atoms with van der Waals surface area (Å²) < 4.78 is 0. The van der Waals surface area contributed by atoms with Gasteiger partial charge in [-0.2, -0.15) is 0 Å². The lowest BCUT2D eigenvalue weighted by Gasteiger charge is -2.27. The molecule has 1 aromatic rings. The average molecular weight is 280 g/mol. The molecule has 0 unspecified atom stereocenters. The SMILES string of the molecule is CCCCCN(c1nc(NC)ccc1[N+](=O)[O-])C(C)C. The first-order valence-corrected chi connectivity index (χ1v) is 7.11. The van der Waals surface area contributed by atoms with Crippen molar-refractivity contribution in [2.75, 3.05) is 23.8 Å². The highest BCUT2D eigenvalue weighted by molar-refractivity contribution is 5.62. The molecule has 0 atom stereocenters. The highest BCUT2D eigenvalue weighted by Crippen LogP contribution is 2.29. The average Bonchev–Trinajstić information content (AvgIpc) is 2.42. The minimum atomic E-state index is -0.364. The zero-order chi connectivity index (χ0) is 15.1. The largest absolute Gasteiger partial charge is 0.373 e. The molecule has 1 aromatic heterocycles. The monoisotopic (exact) mass is 280 g/mol. The van der Waals surface area contributed by atoms with Gasteiger partial charge in [-0.05, 0) is 26.3 Å². The maximum absolute atomic E-state index is 11.2. The normalized spacial score (nSPS) is 10.7. The fourth-order valence-electron chi connectivity index (χ4n) is 2.07. The zero-order valence-corrected chi connectivity index (χ0v) is 12.7. The van der Waals surface area contributed by atoms with Crippen molar-refractivity contribution in [3.8, 4) is 0 Å². The number of pyridine rings is 1. The number of aromatic nitrogens is 1. The molecule has 0 amide bonds. The first kappa shape index (κ1) is 16.2. The van der Waals surface area contributed by atoms with Gasteiger partial charge in [0.05, 0.1) is 4.92 Å². The van der Waals surface area contributed by atoms with Crippen LogP contribution in [0.3, 0.4) is 0 Å². The third kappa shape index (κ3) is 4.08. The summed E-state index contributed by atoms with van der Waals surface area (Å²) in [6.45, 7) is 6.99. The van der Waals surface area contributed by atoms with E-state index in [2.05, 4.69) is 17.2 Å². The minimum absolute atomic E-state index is 0.0641. The Morgan fingerprint density at radius 3 is 2.60 bits per heavy atom. The Morgan fingerprint density at radius 2 is 2.10 bits per heavy atom. The van der Waals surface area contributed by atoms with E-state index in [1.54, 1.807) is 13.1 Å². The van der Waals surface area contributed by atoms with Crippen LogP contribution >= 0.6 is 0 Å². The van der Waals surface area contributed by atoms with Gasteiger partial charge >= 0.3 is 5.69 Å². The Hall–Kier alpha value is -1.85. The van der Waals surface area contributed by atoms with E-state index in [1.807, 2.05) is 18.7 Å². The van der Waals surface area contributed by atoms with Crippen LogP contribution in [0.2, 0.25) is 0 Å². The zero-order valence-electron chi connectivity index (χ0n) is 12.7. The van der Waals surface area contributed by atoms with Gasteiger partial charge in [-0.3, -0.25) is 10.1 Å². The quantitative estimate of drug-likeness (QED) is 0.448. The summed E-state index contributed by atoms with van der Waals surface area (Å²) in [6.07, 6.45) is 3.25. The molecule has 0 spiro atoms. The molecular formula is C14H24N4O2. The number of nitro groups is 1. The first-order valence-electron chi connectivity index (χ1n) is 7.11. The van der Waals surface area contributed by atoms with E-state index in [9.17, 15) is 10.1 Å². The maximum atomic E-state index is 11.2. The van der Waals surface area contributed by atoms with Gasteiger partial charge in [-0.25, -0.2) is 4.98 Å². The van der Waals surface area contributed by atoms with Crippen molar-refractivity contribution >= 4 is 17.3 Å². The van der Waals surface area contributed by atoms with E-state index in [4.69, 9.17) is 0 Å². The number of nitrogens with zero attached hydrogens (tertiary/aromatic N) is 3. The molecule has 6 heteroatoms. The fourth-order valence-corrected chi connectivity index (χ4v) is 2.07. The van der Waals surface area contributed by atoms with Crippen LogP contribution in [0.15, 0.2) is 12.1 Å². The maximum Gasteiger partial charge on any atom is 0.311 e. The molecule has 6 nitrogen and oxygen atoms in total. The number of anilines is 2.